The van der Waals surface area contributed by atoms with Crippen molar-refractivity contribution >= 4 is 0 Å². The molecule has 1 atom stereocenters. The van der Waals surface area contributed by atoms with E-state index in [9.17, 15) is 0 Å². The molecule has 1 aliphatic rings. The average molecular weight is 218 g/mol. The lowest BCUT2D eigenvalue weighted by atomic mass is 9.93. The Morgan fingerprint density at radius 1 is 1.69 bits per heavy atom. The SMILES string of the molecule is CCNC1CCCc2c1cnn2CCC#N. The first-order valence-corrected chi connectivity index (χ1v) is 6.01. The molecule has 0 saturated heterocycles. The molecular weight excluding hydrogens is 200 g/mol. The number of nitrogens with one attached hydrogen (secondary N) is 1. The first-order chi connectivity index (χ1) is 7.86. The normalized spacial score (nSPS) is 19.1. The molecule has 1 aliphatic carbocycles. The van der Waals surface area contributed by atoms with E-state index in [1.165, 1.54) is 24.1 Å². The van der Waals surface area contributed by atoms with Crippen molar-refractivity contribution in [2.45, 2.75) is 45.2 Å². The molecule has 1 N–H and O–H groups in total. The van der Waals surface area contributed by atoms with Crippen LogP contribution in [0.3, 0.4) is 0 Å². The fourth-order valence-electron chi connectivity index (χ4n) is 2.43. The molecule has 0 radical (unpaired) electrons. The van der Waals surface area contributed by atoms with E-state index in [4.69, 9.17) is 5.26 Å². The molecule has 1 heterocycles. The Bertz CT molecular complexity index is 388. The maximum atomic E-state index is 8.60. The Labute approximate surface area is 96.3 Å². The molecule has 0 amide bonds. The van der Waals surface area contributed by atoms with Gasteiger partial charge < -0.3 is 5.32 Å². The Kier molecular flexibility index (Phi) is 3.58. The second-order valence-electron chi connectivity index (χ2n) is 4.18. The number of hydrogen-bond acceptors (Lipinski definition) is 3. The molecule has 0 aliphatic heterocycles. The van der Waals surface area contributed by atoms with Crippen LogP contribution >= 0.6 is 0 Å². The highest BCUT2D eigenvalue weighted by Gasteiger charge is 2.23. The van der Waals surface area contributed by atoms with E-state index >= 15 is 0 Å². The molecule has 0 saturated carbocycles. The van der Waals surface area contributed by atoms with Gasteiger partial charge in [-0.2, -0.15) is 10.4 Å². The quantitative estimate of drug-likeness (QED) is 0.838. The predicted octanol–water partition coefficient (Wildman–Crippen LogP) is 1.78. The summed E-state index contributed by atoms with van der Waals surface area (Å²) in [6.07, 6.45) is 6.02. The maximum absolute atomic E-state index is 8.60. The summed E-state index contributed by atoms with van der Waals surface area (Å²) in [5.74, 6) is 0. The van der Waals surface area contributed by atoms with Gasteiger partial charge in [-0.25, -0.2) is 0 Å². The van der Waals surface area contributed by atoms with Crippen LogP contribution in [0, 0.1) is 11.3 Å². The number of aryl methyl sites for hydroxylation is 1. The molecule has 4 heteroatoms. The summed E-state index contributed by atoms with van der Waals surface area (Å²) in [6.45, 7) is 3.85. The minimum absolute atomic E-state index is 0.463. The molecular formula is C12H18N4. The Morgan fingerprint density at radius 3 is 3.31 bits per heavy atom. The van der Waals surface area contributed by atoms with Gasteiger partial charge in [-0.15, -0.1) is 0 Å². The van der Waals surface area contributed by atoms with Crippen LogP contribution in [0.15, 0.2) is 6.20 Å². The van der Waals surface area contributed by atoms with Crippen molar-refractivity contribution < 1.29 is 0 Å². The van der Waals surface area contributed by atoms with Gasteiger partial charge in [0.05, 0.1) is 25.2 Å². The lowest BCUT2D eigenvalue weighted by Gasteiger charge is -2.23. The molecule has 86 valence electrons. The number of nitriles is 1. The lowest BCUT2D eigenvalue weighted by Crippen LogP contribution is -2.25. The van der Waals surface area contributed by atoms with Gasteiger partial charge in [0.1, 0.15) is 0 Å². The molecule has 1 aromatic rings. The van der Waals surface area contributed by atoms with Crippen LogP contribution in [0.5, 0.6) is 0 Å². The Morgan fingerprint density at radius 2 is 2.56 bits per heavy atom. The zero-order valence-electron chi connectivity index (χ0n) is 9.74. The summed E-state index contributed by atoms with van der Waals surface area (Å²) in [6, 6.07) is 2.64. The second-order valence-corrected chi connectivity index (χ2v) is 4.18. The van der Waals surface area contributed by atoms with Crippen LogP contribution in [0.2, 0.25) is 0 Å². The van der Waals surface area contributed by atoms with Gasteiger partial charge in [0.2, 0.25) is 0 Å². The van der Waals surface area contributed by atoms with Crippen molar-refractivity contribution in [3.63, 3.8) is 0 Å². The monoisotopic (exact) mass is 218 g/mol. The number of hydrogen-bond donors (Lipinski definition) is 1. The molecule has 1 unspecified atom stereocenters. The first kappa shape index (κ1) is 11.2. The van der Waals surface area contributed by atoms with E-state index in [2.05, 4.69) is 23.4 Å². The third-order valence-corrected chi connectivity index (χ3v) is 3.15. The smallest absolute Gasteiger partial charge is 0.0641 e. The van der Waals surface area contributed by atoms with Crippen LogP contribution in [0.25, 0.3) is 0 Å². The van der Waals surface area contributed by atoms with E-state index in [1.807, 2.05) is 10.9 Å². The Balaban J connectivity index is 2.17. The van der Waals surface area contributed by atoms with Crippen LogP contribution in [-0.4, -0.2) is 16.3 Å². The van der Waals surface area contributed by atoms with E-state index < -0.39 is 0 Å². The van der Waals surface area contributed by atoms with Gasteiger partial charge in [0, 0.05) is 17.3 Å². The van der Waals surface area contributed by atoms with E-state index in [0.29, 0.717) is 12.5 Å². The van der Waals surface area contributed by atoms with Gasteiger partial charge in [0.25, 0.3) is 0 Å². The van der Waals surface area contributed by atoms with E-state index in [-0.39, 0.29) is 0 Å². The van der Waals surface area contributed by atoms with Gasteiger partial charge in [-0.3, -0.25) is 4.68 Å². The standard InChI is InChI=1S/C12H18N4/c1-2-14-11-5-3-6-12-10(11)9-15-16(12)8-4-7-13/h9,11,14H,2-6,8H2,1H3. The zero-order chi connectivity index (χ0) is 11.4. The molecule has 4 nitrogen and oxygen atoms in total. The summed E-state index contributed by atoms with van der Waals surface area (Å²) in [4.78, 5) is 0. The molecule has 0 aromatic carbocycles. The zero-order valence-corrected chi connectivity index (χ0v) is 9.74. The largest absolute Gasteiger partial charge is 0.310 e. The van der Waals surface area contributed by atoms with Crippen molar-refractivity contribution in [2.75, 3.05) is 6.54 Å². The van der Waals surface area contributed by atoms with Gasteiger partial charge in [-0.1, -0.05) is 6.92 Å². The topological polar surface area (TPSA) is 53.6 Å². The van der Waals surface area contributed by atoms with E-state index in [1.54, 1.807) is 0 Å². The fourth-order valence-corrected chi connectivity index (χ4v) is 2.43. The number of rotatable bonds is 4. The van der Waals surface area contributed by atoms with Crippen LogP contribution in [0.4, 0.5) is 0 Å². The lowest BCUT2D eigenvalue weighted by molar-refractivity contribution is 0.457. The highest BCUT2D eigenvalue weighted by atomic mass is 15.3. The molecule has 0 bridgehead atoms. The molecule has 0 spiro atoms. The molecule has 16 heavy (non-hydrogen) atoms. The summed E-state index contributed by atoms with van der Waals surface area (Å²) in [5, 5.41) is 16.5. The van der Waals surface area contributed by atoms with Crippen LogP contribution in [0.1, 0.15) is 43.5 Å². The van der Waals surface area contributed by atoms with Crippen molar-refractivity contribution in [1.82, 2.24) is 15.1 Å². The van der Waals surface area contributed by atoms with Crippen LogP contribution < -0.4 is 5.32 Å². The number of fused-ring (bicyclic) bond motifs is 1. The van der Waals surface area contributed by atoms with Crippen LogP contribution in [-0.2, 0) is 13.0 Å². The van der Waals surface area contributed by atoms with Crippen molar-refractivity contribution in [3.05, 3.63) is 17.5 Å². The highest BCUT2D eigenvalue weighted by Crippen LogP contribution is 2.29. The van der Waals surface area contributed by atoms with Gasteiger partial charge in [-0.05, 0) is 25.8 Å². The van der Waals surface area contributed by atoms with Crippen molar-refractivity contribution in [1.29, 1.82) is 5.26 Å². The minimum Gasteiger partial charge on any atom is -0.310 e. The van der Waals surface area contributed by atoms with E-state index in [0.717, 1.165) is 19.5 Å². The third kappa shape index (κ3) is 2.10. The van der Waals surface area contributed by atoms with Crippen molar-refractivity contribution in [2.24, 2.45) is 0 Å². The summed E-state index contributed by atoms with van der Waals surface area (Å²) in [7, 11) is 0. The summed E-state index contributed by atoms with van der Waals surface area (Å²) < 4.78 is 2.00. The molecule has 1 aromatic heterocycles. The Hall–Kier alpha value is -1.34. The maximum Gasteiger partial charge on any atom is 0.0641 e. The average Bonchev–Trinajstić information content (AvgIpc) is 2.71. The van der Waals surface area contributed by atoms with Crippen molar-refractivity contribution in [3.8, 4) is 6.07 Å². The van der Waals surface area contributed by atoms with Gasteiger partial charge >= 0.3 is 0 Å². The summed E-state index contributed by atoms with van der Waals surface area (Å²) in [5.41, 5.74) is 2.67. The molecule has 2 rings (SSSR count). The highest BCUT2D eigenvalue weighted by molar-refractivity contribution is 5.24. The predicted molar refractivity (Wildman–Crippen MR) is 61.8 cm³/mol. The first-order valence-electron chi connectivity index (χ1n) is 6.01. The number of aromatic nitrogens is 2. The minimum atomic E-state index is 0.463. The van der Waals surface area contributed by atoms with Gasteiger partial charge in [0.15, 0.2) is 0 Å². The third-order valence-electron chi connectivity index (χ3n) is 3.15. The second kappa shape index (κ2) is 5.13. The fraction of sp³-hybridized carbons (Fsp3) is 0.667. The number of nitrogens with zero attached hydrogens (tertiary/aromatic N) is 3. The summed E-state index contributed by atoms with van der Waals surface area (Å²) >= 11 is 0. The molecule has 0 fully saturated rings.